The minimum atomic E-state index is -1.16. The number of hydrogen-bond acceptors (Lipinski definition) is 3. The molecule has 0 unspecified atom stereocenters. The van der Waals surface area contributed by atoms with E-state index in [9.17, 15) is 13.6 Å². The van der Waals surface area contributed by atoms with Crippen LogP contribution in [0.15, 0.2) is 17.1 Å². The van der Waals surface area contributed by atoms with Crippen molar-refractivity contribution in [3.05, 3.63) is 39.7 Å². The van der Waals surface area contributed by atoms with Crippen molar-refractivity contribution < 1.29 is 13.5 Å². The van der Waals surface area contributed by atoms with Crippen molar-refractivity contribution in [2.75, 3.05) is 7.11 Å². The molecule has 1 aliphatic rings. The standard InChI is InChI=1S/C14H10F2N2O2/c1-20-14-11(16)10(15)4-9-12(14)18(8-2-3-8)6-7(5-17)13(9)19/h4,6,8H,2-3H2,1H3. The molecule has 1 saturated carbocycles. The molecule has 1 heterocycles. The van der Waals surface area contributed by atoms with Gasteiger partial charge in [0.25, 0.3) is 0 Å². The highest BCUT2D eigenvalue weighted by molar-refractivity contribution is 5.86. The first-order valence-electron chi connectivity index (χ1n) is 6.09. The fourth-order valence-electron chi connectivity index (χ4n) is 2.34. The Morgan fingerprint density at radius 1 is 1.45 bits per heavy atom. The van der Waals surface area contributed by atoms with E-state index in [1.807, 2.05) is 0 Å². The number of pyridine rings is 1. The smallest absolute Gasteiger partial charge is 0.207 e. The lowest BCUT2D eigenvalue weighted by molar-refractivity contribution is 0.374. The van der Waals surface area contributed by atoms with Crippen molar-refractivity contribution in [1.82, 2.24) is 4.57 Å². The molecule has 2 aromatic rings. The predicted octanol–water partition coefficient (Wildman–Crippen LogP) is 2.49. The van der Waals surface area contributed by atoms with Crippen LogP contribution in [0.2, 0.25) is 0 Å². The monoisotopic (exact) mass is 276 g/mol. The molecule has 1 fully saturated rings. The van der Waals surface area contributed by atoms with Crippen LogP contribution in [-0.2, 0) is 0 Å². The zero-order valence-electron chi connectivity index (χ0n) is 10.6. The highest BCUT2D eigenvalue weighted by atomic mass is 19.2. The van der Waals surface area contributed by atoms with Crippen LogP contribution >= 0.6 is 0 Å². The predicted molar refractivity (Wildman–Crippen MR) is 67.7 cm³/mol. The maximum atomic E-state index is 13.8. The normalized spacial score (nSPS) is 14.3. The summed E-state index contributed by atoms with van der Waals surface area (Å²) >= 11 is 0. The van der Waals surface area contributed by atoms with Gasteiger partial charge >= 0.3 is 0 Å². The summed E-state index contributed by atoms with van der Waals surface area (Å²) in [5.74, 6) is -2.59. The van der Waals surface area contributed by atoms with Gasteiger partial charge in [-0.3, -0.25) is 4.79 Å². The van der Waals surface area contributed by atoms with Gasteiger partial charge in [0.05, 0.1) is 18.0 Å². The van der Waals surface area contributed by atoms with Crippen LogP contribution in [0.3, 0.4) is 0 Å². The van der Waals surface area contributed by atoms with Gasteiger partial charge in [-0.15, -0.1) is 0 Å². The van der Waals surface area contributed by atoms with Crippen LogP contribution < -0.4 is 10.2 Å². The van der Waals surface area contributed by atoms with Gasteiger partial charge in [0.2, 0.25) is 11.2 Å². The van der Waals surface area contributed by atoms with E-state index in [-0.39, 0.29) is 28.3 Å². The molecule has 0 N–H and O–H groups in total. The Bertz CT molecular complexity index is 817. The second kappa shape index (κ2) is 4.30. The van der Waals surface area contributed by atoms with Gasteiger partial charge in [0, 0.05) is 12.2 Å². The summed E-state index contributed by atoms with van der Waals surface area (Å²) < 4.78 is 34.0. The van der Waals surface area contributed by atoms with Gasteiger partial charge in [0.15, 0.2) is 11.6 Å². The Morgan fingerprint density at radius 3 is 2.70 bits per heavy atom. The molecule has 0 atom stereocenters. The van der Waals surface area contributed by atoms with Gasteiger partial charge in [-0.2, -0.15) is 9.65 Å². The van der Waals surface area contributed by atoms with E-state index in [0.717, 1.165) is 18.9 Å². The number of aromatic nitrogens is 1. The SMILES string of the molecule is COc1c(F)c(F)cc2c(=O)c(C#N)cn(C3CC3)c12. The third-order valence-corrected chi connectivity index (χ3v) is 3.43. The third-order valence-electron chi connectivity index (χ3n) is 3.43. The van der Waals surface area contributed by atoms with E-state index in [1.54, 1.807) is 10.6 Å². The van der Waals surface area contributed by atoms with Crippen molar-refractivity contribution in [3.8, 4) is 11.8 Å². The molecule has 0 aliphatic heterocycles. The molecule has 6 heteroatoms. The third kappa shape index (κ3) is 1.67. The second-order valence-electron chi connectivity index (χ2n) is 4.72. The lowest BCUT2D eigenvalue weighted by atomic mass is 10.1. The van der Waals surface area contributed by atoms with Crippen LogP contribution in [0.25, 0.3) is 10.9 Å². The minimum Gasteiger partial charge on any atom is -0.491 e. The van der Waals surface area contributed by atoms with E-state index >= 15 is 0 Å². The fourth-order valence-corrected chi connectivity index (χ4v) is 2.34. The van der Waals surface area contributed by atoms with E-state index in [2.05, 4.69) is 0 Å². The van der Waals surface area contributed by atoms with Gasteiger partial charge in [0.1, 0.15) is 11.6 Å². The molecule has 3 rings (SSSR count). The highest BCUT2D eigenvalue weighted by Crippen LogP contribution is 2.40. The van der Waals surface area contributed by atoms with Gasteiger partial charge in [-0.1, -0.05) is 0 Å². The highest BCUT2D eigenvalue weighted by Gasteiger charge is 2.29. The van der Waals surface area contributed by atoms with E-state index in [0.29, 0.717) is 0 Å². The molecule has 102 valence electrons. The molecule has 1 aliphatic carbocycles. The maximum Gasteiger partial charge on any atom is 0.207 e. The summed E-state index contributed by atoms with van der Waals surface area (Å²) in [5, 5.41) is 8.96. The molecular formula is C14H10F2N2O2. The van der Waals surface area contributed by atoms with Crippen molar-refractivity contribution in [2.24, 2.45) is 0 Å². The average molecular weight is 276 g/mol. The van der Waals surface area contributed by atoms with Gasteiger partial charge < -0.3 is 9.30 Å². The fraction of sp³-hybridized carbons (Fsp3) is 0.286. The zero-order valence-corrected chi connectivity index (χ0v) is 10.6. The second-order valence-corrected chi connectivity index (χ2v) is 4.72. The number of rotatable bonds is 2. The molecular weight excluding hydrogens is 266 g/mol. The lowest BCUT2D eigenvalue weighted by Crippen LogP contribution is -2.14. The molecule has 0 saturated heterocycles. The Hall–Kier alpha value is -2.42. The van der Waals surface area contributed by atoms with Crippen LogP contribution in [-0.4, -0.2) is 11.7 Å². The van der Waals surface area contributed by atoms with Gasteiger partial charge in [-0.05, 0) is 18.9 Å². The van der Waals surface area contributed by atoms with Crippen molar-refractivity contribution in [2.45, 2.75) is 18.9 Å². The van der Waals surface area contributed by atoms with Crippen molar-refractivity contribution in [3.63, 3.8) is 0 Å². The van der Waals surface area contributed by atoms with E-state index in [4.69, 9.17) is 10.00 Å². The molecule has 0 amide bonds. The molecule has 4 nitrogen and oxygen atoms in total. The molecule has 0 radical (unpaired) electrons. The number of nitrogens with zero attached hydrogens (tertiary/aromatic N) is 2. The summed E-state index contributed by atoms with van der Waals surface area (Å²) in [5.41, 5.74) is -0.494. The van der Waals surface area contributed by atoms with E-state index in [1.165, 1.54) is 13.3 Å². The Labute approximate surface area is 112 Å². The zero-order chi connectivity index (χ0) is 14.4. The van der Waals surface area contributed by atoms with Crippen LogP contribution in [0.4, 0.5) is 8.78 Å². The van der Waals surface area contributed by atoms with Crippen molar-refractivity contribution >= 4 is 10.9 Å². The number of hydrogen-bond donors (Lipinski definition) is 0. The summed E-state index contributed by atoms with van der Waals surface area (Å²) in [6, 6.07) is 2.71. The maximum absolute atomic E-state index is 13.8. The van der Waals surface area contributed by atoms with E-state index < -0.39 is 17.1 Å². The molecule has 0 bridgehead atoms. The molecule has 1 aromatic carbocycles. The summed E-state index contributed by atoms with van der Waals surface area (Å²) in [6.45, 7) is 0. The first kappa shape index (κ1) is 12.6. The first-order valence-corrected chi connectivity index (χ1v) is 6.09. The largest absolute Gasteiger partial charge is 0.491 e. The first-order chi connectivity index (χ1) is 9.58. The minimum absolute atomic E-state index is 0.0355. The summed E-state index contributed by atoms with van der Waals surface area (Å²) in [4.78, 5) is 12.1. The number of fused-ring (bicyclic) bond motifs is 1. The number of nitriles is 1. The summed E-state index contributed by atoms with van der Waals surface area (Å²) in [7, 11) is 1.22. The summed E-state index contributed by atoms with van der Waals surface area (Å²) in [6.07, 6.45) is 3.12. The molecule has 1 aromatic heterocycles. The van der Waals surface area contributed by atoms with Crippen molar-refractivity contribution in [1.29, 1.82) is 5.26 Å². The quantitative estimate of drug-likeness (QED) is 0.846. The van der Waals surface area contributed by atoms with Crippen LogP contribution in [0, 0.1) is 23.0 Å². The average Bonchev–Trinajstić information content (AvgIpc) is 3.26. The van der Waals surface area contributed by atoms with Gasteiger partial charge in [-0.25, -0.2) is 4.39 Å². The topological polar surface area (TPSA) is 55.0 Å². The number of methoxy groups -OCH3 is 1. The van der Waals surface area contributed by atoms with Crippen LogP contribution in [0.5, 0.6) is 5.75 Å². The Balaban J connectivity index is 2.54. The molecule has 0 spiro atoms. The number of halogens is 2. The Morgan fingerprint density at radius 2 is 2.15 bits per heavy atom. The van der Waals surface area contributed by atoms with Crippen LogP contribution in [0.1, 0.15) is 24.4 Å². The number of ether oxygens (including phenoxy) is 1. The Kier molecular flexibility index (Phi) is 2.71. The molecule has 20 heavy (non-hydrogen) atoms. The number of benzene rings is 1. The lowest BCUT2D eigenvalue weighted by Gasteiger charge is -2.14.